The third-order valence-corrected chi connectivity index (χ3v) is 9.05. The maximum absolute atomic E-state index is 6.34. The van der Waals surface area contributed by atoms with Gasteiger partial charge >= 0.3 is 0 Å². The lowest BCUT2D eigenvalue weighted by atomic mass is 10.0. The van der Waals surface area contributed by atoms with Gasteiger partial charge in [-0.3, -0.25) is 0 Å². The summed E-state index contributed by atoms with van der Waals surface area (Å²) < 4.78 is 8.69. The molecule has 0 N–H and O–H groups in total. The molecule has 2 aromatic heterocycles. The van der Waals surface area contributed by atoms with Crippen LogP contribution < -0.4 is 4.90 Å². The summed E-state index contributed by atoms with van der Waals surface area (Å²) in [5.41, 5.74) is 11.7. The van der Waals surface area contributed by atoms with Gasteiger partial charge in [-0.05, 0) is 97.3 Å². The van der Waals surface area contributed by atoms with Crippen LogP contribution in [0.4, 0.5) is 11.4 Å². The van der Waals surface area contributed by atoms with Crippen molar-refractivity contribution >= 4 is 60.7 Å². The van der Waals surface area contributed by atoms with Gasteiger partial charge in [-0.25, -0.2) is 0 Å². The SMILES string of the molecule is C=C(/C=C\C(=C/C)c1ccc2oc3ccc(-n4c5ccccc5c5ccccc54)cc3c2c1)N(c1ccccc1)c1ccccc1C. The number of para-hydroxylation sites is 4. The van der Waals surface area contributed by atoms with Gasteiger partial charge in [-0.1, -0.05) is 97.6 Å². The van der Waals surface area contributed by atoms with E-state index in [1.165, 1.54) is 27.4 Å². The molecule has 0 aliphatic heterocycles. The first kappa shape index (κ1) is 28.4. The van der Waals surface area contributed by atoms with Crippen LogP contribution in [-0.4, -0.2) is 4.57 Å². The minimum absolute atomic E-state index is 0.877. The Morgan fingerprint density at radius 1 is 0.638 bits per heavy atom. The molecule has 0 unspecified atom stereocenters. The molecule has 0 amide bonds. The fourth-order valence-electron chi connectivity index (χ4n) is 6.76. The molecule has 3 nitrogen and oxygen atoms in total. The average Bonchev–Trinajstić information content (AvgIpc) is 3.65. The van der Waals surface area contributed by atoms with Crippen molar-refractivity contribution in [2.45, 2.75) is 13.8 Å². The van der Waals surface area contributed by atoms with E-state index in [2.05, 4.69) is 182 Å². The van der Waals surface area contributed by atoms with Gasteiger partial charge < -0.3 is 13.9 Å². The van der Waals surface area contributed by atoms with Gasteiger partial charge in [0.2, 0.25) is 0 Å². The molecule has 2 heterocycles. The maximum Gasteiger partial charge on any atom is 0.135 e. The number of fused-ring (bicyclic) bond motifs is 6. The van der Waals surface area contributed by atoms with Crippen LogP contribution in [0.5, 0.6) is 0 Å². The summed E-state index contributed by atoms with van der Waals surface area (Å²) in [7, 11) is 0. The second-order valence-electron chi connectivity index (χ2n) is 11.9. The number of anilines is 2. The number of rotatable bonds is 7. The van der Waals surface area contributed by atoms with Crippen molar-refractivity contribution in [3.63, 3.8) is 0 Å². The van der Waals surface area contributed by atoms with Gasteiger partial charge in [0.1, 0.15) is 11.2 Å². The fourth-order valence-corrected chi connectivity index (χ4v) is 6.76. The Bertz CT molecular complexity index is 2450. The van der Waals surface area contributed by atoms with Crippen molar-refractivity contribution in [3.8, 4) is 5.69 Å². The smallest absolute Gasteiger partial charge is 0.135 e. The molecule has 47 heavy (non-hydrogen) atoms. The minimum Gasteiger partial charge on any atom is -0.456 e. The van der Waals surface area contributed by atoms with Crippen molar-refractivity contribution in [1.82, 2.24) is 4.57 Å². The molecular weight excluding hydrogens is 572 g/mol. The number of nitrogens with zero attached hydrogens (tertiary/aromatic N) is 2. The van der Waals surface area contributed by atoms with E-state index in [4.69, 9.17) is 4.42 Å². The van der Waals surface area contributed by atoms with Crippen LogP contribution >= 0.6 is 0 Å². The average molecular weight is 607 g/mol. The van der Waals surface area contributed by atoms with E-state index in [1.807, 2.05) is 6.07 Å². The van der Waals surface area contributed by atoms with Crippen LogP contribution in [0.1, 0.15) is 18.1 Å². The third kappa shape index (κ3) is 4.93. The molecular formula is C44H34N2O. The molecule has 0 radical (unpaired) electrons. The highest BCUT2D eigenvalue weighted by Gasteiger charge is 2.16. The van der Waals surface area contributed by atoms with Crippen LogP contribution in [0.25, 0.3) is 55.0 Å². The van der Waals surface area contributed by atoms with Crippen LogP contribution in [0.15, 0.2) is 174 Å². The second kappa shape index (κ2) is 11.7. The zero-order valence-electron chi connectivity index (χ0n) is 26.5. The predicted molar refractivity (Wildman–Crippen MR) is 200 cm³/mol. The van der Waals surface area contributed by atoms with Crippen molar-refractivity contribution in [2.24, 2.45) is 0 Å². The van der Waals surface area contributed by atoms with Crippen LogP contribution in [-0.2, 0) is 0 Å². The highest BCUT2D eigenvalue weighted by Crippen LogP contribution is 2.37. The first-order valence-electron chi connectivity index (χ1n) is 16.0. The van der Waals surface area contributed by atoms with E-state index in [0.717, 1.165) is 55.8 Å². The fraction of sp³-hybridized carbons (Fsp3) is 0.0455. The van der Waals surface area contributed by atoms with Gasteiger partial charge in [0.15, 0.2) is 0 Å². The molecule has 6 aromatic carbocycles. The summed E-state index contributed by atoms with van der Waals surface area (Å²) in [6, 6.07) is 49.0. The Hall–Kier alpha value is -6.06. The number of aromatic nitrogens is 1. The van der Waals surface area contributed by atoms with Crippen molar-refractivity contribution in [3.05, 3.63) is 181 Å². The van der Waals surface area contributed by atoms with E-state index in [1.54, 1.807) is 0 Å². The van der Waals surface area contributed by atoms with Gasteiger partial charge in [-0.2, -0.15) is 0 Å². The number of hydrogen-bond donors (Lipinski definition) is 0. The maximum atomic E-state index is 6.34. The Kier molecular flexibility index (Phi) is 7.08. The number of allylic oxidation sites excluding steroid dienone is 4. The molecule has 226 valence electrons. The largest absolute Gasteiger partial charge is 0.456 e. The lowest BCUT2D eigenvalue weighted by Gasteiger charge is -2.27. The summed E-state index contributed by atoms with van der Waals surface area (Å²) in [5, 5.41) is 4.70. The van der Waals surface area contributed by atoms with Crippen molar-refractivity contribution in [2.75, 3.05) is 4.90 Å². The summed E-state index contributed by atoms with van der Waals surface area (Å²) in [5.74, 6) is 0. The van der Waals surface area contributed by atoms with Crippen LogP contribution in [0.3, 0.4) is 0 Å². The molecule has 0 spiro atoms. The third-order valence-electron chi connectivity index (χ3n) is 9.05. The van der Waals surface area contributed by atoms with E-state index in [9.17, 15) is 0 Å². The Labute approximate surface area is 274 Å². The highest BCUT2D eigenvalue weighted by molar-refractivity contribution is 6.10. The summed E-state index contributed by atoms with van der Waals surface area (Å²) in [6.07, 6.45) is 6.41. The van der Waals surface area contributed by atoms with Crippen LogP contribution in [0.2, 0.25) is 0 Å². The van der Waals surface area contributed by atoms with E-state index in [-0.39, 0.29) is 0 Å². The topological polar surface area (TPSA) is 21.3 Å². The molecule has 3 heteroatoms. The number of hydrogen-bond acceptors (Lipinski definition) is 2. The van der Waals surface area contributed by atoms with Gasteiger partial charge in [0.25, 0.3) is 0 Å². The Morgan fingerprint density at radius 3 is 1.96 bits per heavy atom. The van der Waals surface area contributed by atoms with E-state index in [0.29, 0.717) is 0 Å². The quantitative estimate of drug-likeness (QED) is 0.168. The van der Waals surface area contributed by atoms with Gasteiger partial charge in [-0.15, -0.1) is 0 Å². The molecule has 0 fully saturated rings. The number of benzene rings is 6. The van der Waals surface area contributed by atoms with E-state index >= 15 is 0 Å². The Balaban J connectivity index is 1.18. The number of aryl methyl sites for hydroxylation is 1. The minimum atomic E-state index is 0.877. The zero-order chi connectivity index (χ0) is 31.9. The van der Waals surface area contributed by atoms with Crippen molar-refractivity contribution in [1.29, 1.82) is 0 Å². The van der Waals surface area contributed by atoms with E-state index < -0.39 is 0 Å². The lowest BCUT2D eigenvalue weighted by molar-refractivity contribution is 0.669. The monoisotopic (exact) mass is 606 g/mol. The molecule has 8 aromatic rings. The highest BCUT2D eigenvalue weighted by atomic mass is 16.3. The molecule has 0 bridgehead atoms. The Morgan fingerprint density at radius 2 is 1.26 bits per heavy atom. The molecule has 0 atom stereocenters. The molecule has 0 saturated heterocycles. The molecule has 8 rings (SSSR count). The predicted octanol–water partition coefficient (Wildman–Crippen LogP) is 12.3. The van der Waals surface area contributed by atoms with Gasteiger partial charge in [0.05, 0.1) is 11.0 Å². The second-order valence-corrected chi connectivity index (χ2v) is 11.9. The normalized spacial score (nSPS) is 12.2. The zero-order valence-corrected chi connectivity index (χ0v) is 26.5. The lowest BCUT2D eigenvalue weighted by Crippen LogP contribution is -2.15. The standard InChI is InChI=1S/C44H34N2O/c1-4-32(23-22-31(3)45(34-15-6-5-7-16-34)40-19-11-8-14-30(40)2)33-24-26-43-38(28-33)39-29-35(25-27-44(39)47-43)46-41-20-12-9-17-36(41)37-18-10-13-21-42(37)46/h4-29H,3H2,1-2H3/b23-22-,32-4+. The summed E-state index contributed by atoms with van der Waals surface area (Å²) in [4.78, 5) is 2.21. The first-order chi connectivity index (χ1) is 23.1. The molecule has 0 saturated carbocycles. The molecule has 0 aliphatic rings. The molecule has 0 aliphatic carbocycles. The van der Waals surface area contributed by atoms with Crippen LogP contribution in [0, 0.1) is 6.92 Å². The summed E-state index contributed by atoms with van der Waals surface area (Å²) >= 11 is 0. The van der Waals surface area contributed by atoms with Gasteiger partial charge in [0, 0.05) is 44.3 Å². The first-order valence-corrected chi connectivity index (χ1v) is 16.0. The summed E-state index contributed by atoms with van der Waals surface area (Å²) in [6.45, 7) is 8.72. The number of furan rings is 1. The van der Waals surface area contributed by atoms with Crippen molar-refractivity contribution < 1.29 is 4.42 Å².